The molecule has 0 saturated heterocycles. The summed E-state index contributed by atoms with van der Waals surface area (Å²) >= 11 is 1.27. The fourth-order valence-corrected chi connectivity index (χ4v) is 2.77. The Morgan fingerprint density at radius 3 is 2.62 bits per heavy atom. The molecule has 0 spiro atoms. The van der Waals surface area contributed by atoms with E-state index >= 15 is 0 Å². The van der Waals surface area contributed by atoms with Crippen LogP contribution in [0, 0.1) is 0 Å². The van der Waals surface area contributed by atoms with Crippen molar-refractivity contribution in [1.82, 2.24) is 15.1 Å². The first-order valence-electron chi connectivity index (χ1n) is 6.47. The van der Waals surface area contributed by atoms with E-state index in [9.17, 15) is 13.2 Å². The predicted molar refractivity (Wildman–Crippen MR) is 76.2 cm³/mol. The fourth-order valence-electron chi connectivity index (χ4n) is 1.88. The van der Waals surface area contributed by atoms with Crippen LogP contribution in [0.4, 0.5) is 13.2 Å². The molecular formula is C14H16F3N3S. The summed E-state index contributed by atoms with van der Waals surface area (Å²) in [5.74, 6) is 0. The number of hydrogen-bond donors (Lipinski definition) is 1. The largest absolute Gasteiger partial charge is 0.416 e. The number of rotatable bonds is 5. The maximum absolute atomic E-state index is 13.1. The second-order valence-electron chi connectivity index (χ2n) is 4.55. The van der Waals surface area contributed by atoms with Gasteiger partial charge in [0.2, 0.25) is 0 Å². The summed E-state index contributed by atoms with van der Waals surface area (Å²) in [6, 6.07) is 4.44. The molecule has 2 rings (SSSR count). The lowest BCUT2D eigenvalue weighted by Gasteiger charge is -2.14. The number of benzene rings is 1. The van der Waals surface area contributed by atoms with Crippen molar-refractivity contribution < 1.29 is 13.2 Å². The van der Waals surface area contributed by atoms with Gasteiger partial charge in [0.1, 0.15) is 0 Å². The maximum Gasteiger partial charge on any atom is 0.416 e. The van der Waals surface area contributed by atoms with Crippen molar-refractivity contribution >= 4 is 11.8 Å². The van der Waals surface area contributed by atoms with Crippen LogP contribution in [0.1, 0.15) is 18.1 Å². The van der Waals surface area contributed by atoms with Gasteiger partial charge >= 0.3 is 6.18 Å². The Morgan fingerprint density at radius 1 is 1.29 bits per heavy atom. The highest BCUT2D eigenvalue weighted by Crippen LogP contribution is 2.36. The molecule has 7 heteroatoms. The zero-order chi connectivity index (χ0) is 15.5. The van der Waals surface area contributed by atoms with Gasteiger partial charge < -0.3 is 5.32 Å². The lowest BCUT2D eigenvalue weighted by Crippen LogP contribution is -2.17. The van der Waals surface area contributed by atoms with E-state index in [2.05, 4.69) is 10.4 Å². The number of hydrogen-bond acceptors (Lipinski definition) is 3. The van der Waals surface area contributed by atoms with Gasteiger partial charge in [-0.05, 0) is 24.2 Å². The topological polar surface area (TPSA) is 29.9 Å². The first kappa shape index (κ1) is 15.9. The van der Waals surface area contributed by atoms with Crippen LogP contribution in [0.5, 0.6) is 0 Å². The van der Waals surface area contributed by atoms with Gasteiger partial charge in [0.25, 0.3) is 0 Å². The molecule has 1 aromatic heterocycles. The molecule has 1 aromatic carbocycles. The van der Waals surface area contributed by atoms with Gasteiger partial charge in [-0.2, -0.15) is 18.3 Å². The molecule has 0 unspecified atom stereocenters. The van der Waals surface area contributed by atoms with Crippen molar-refractivity contribution in [3.8, 4) is 0 Å². The highest BCUT2D eigenvalue weighted by atomic mass is 32.2. The van der Waals surface area contributed by atoms with Crippen LogP contribution in [-0.4, -0.2) is 16.3 Å². The molecule has 0 saturated carbocycles. The van der Waals surface area contributed by atoms with Gasteiger partial charge in [0, 0.05) is 24.7 Å². The molecule has 0 atom stereocenters. The minimum atomic E-state index is -4.35. The summed E-state index contributed by atoms with van der Waals surface area (Å²) in [5.41, 5.74) is -0.322. The lowest BCUT2D eigenvalue weighted by molar-refractivity contribution is -0.138. The van der Waals surface area contributed by atoms with Crippen LogP contribution in [0.3, 0.4) is 0 Å². The highest BCUT2D eigenvalue weighted by Gasteiger charge is 2.33. The normalized spacial score (nSPS) is 11.9. The van der Waals surface area contributed by atoms with E-state index in [1.165, 1.54) is 23.9 Å². The second kappa shape index (κ2) is 6.53. The van der Waals surface area contributed by atoms with Crippen molar-refractivity contribution in [2.75, 3.05) is 6.54 Å². The van der Waals surface area contributed by atoms with Crippen molar-refractivity contribution in [1.29, 1.82) is 0 Å². The van der Waals surface area contributed by atoms with E-state index in [1.807, 2.05) is 6.92 Å². The van der Waals surface area contributed by atoms with E-state index in [0.717, 1.165) is 4.90 Å². The van der Waals surface area contributed by atoms with Gasteiger partial charge in [0.05, 0.1) is 16.7 Å². The third-order valence-corrected chi connectivity index (χ3v) is 3.81. The van der Waals surface area contributed by atoms with Crippen LogP contribution in [-0.2, 0) is 19.8 Å². The minimum absolute atomic E-state index is 0.211. The number of nitrogens with one attached hydrogen (secondary N) is 1. The Balaban J connectivity index is 2.28. The number of aromatic nitrogens is 2. The minimum Gasteiger partial charge on any atom is -0.313 e. The summed E-state index contributed by atoms with van der Waals surface area (Å²) in [6.07, 6.45) is -0.953. The summed E-state index contributed by atoms with van der Waals surface area (Å²) in [5, 5.41) is 6.94. The van der Waals surface area contributed by atoms with E-state index in [0.29, 0.717) is 11.4 Å². The van der Waals surface area contributed by atoms with Crippen molar-refractivity contribution in [3.63, 3.8) is 0 Å². The summed E-state index contributed by atoms with van der Waals surface area (Å²) in [4.78, 5) is 1.36. The first-order valence-corrected chi connectivity index (χ1v) is 7.29. The van der Waals surface area contributed by atoms with Crippen molar-refractivity contribution in [2.24, 2.45) is 7.05 Å². The number of halogens is 3. The van der Waals surface area contributed by atoms with Gasteiger partial charge in [-0.1, -0.05) is 24.8 Å². The van der Waals surface area contributed by atoms with Gasteiger partial charge in [-0.3, -0.25) is 4.68 Å². The Morgan fingerprint density at radius 2 is 2.05 bits per heavy atom. The van der Waals surface area contributed by atoms with Gasteiger partial charge in [0.15, 0.2) is 0 Å². The molecule has 1 N–H and O–H groups in total. The van der Waals surface area contributed by atoms with Crippen LogP contribution < -0.4 is 5.32 Å². The molecule has 0 aliphatic heterocycles. The molecular weight excluding hydrogens is 299 g/mol. The number of nitrogens with zero attached hydrogens (tertiary/aromatic N) is 2. The summed E-state index contributed by atoms with van der Waals surface area (Å²) < 4.78 is 41.1. The van der Waals surface area contributed by atoms with Crippen molar-refractivity contribution in [3.05, 3.63) is 41.7 Å². The third-order valence-electron chi connectivity index (χ3n) is 2.87. The van der Waals surface area contributed by atoms with Crippen LogP contribution in [0.25, 0.3) is 0 Å². The molecule has 0 bridgehead atoms. The highest BCUT2D eigenvalue weighted by molar-refractivity contribution is 7.99. The summed E-state index contributed by atoms with van der Waals surface area (Å²) in [6.45, 7) is 2.70. The Kier molecular flexibility index (Phi) is 4.95. The summed E-state index contributed by atoms with van der Waals surface area (Å²) in [7, 11) is 1.77. The average Bonchev–Trinajstić information content (AvgIpc) is 2.81. The van der Waals surface area contributed by atoms with Crippen LogP contribution >= 0.6 is 11.8 Å². The molecule has 3 nitrogen and oxygen atoms in total. The molecule has 0 aliphatic carbocycles. The van der Waals surface area contributed by atoms with Crippen molar-refractivity contribution in [2.45, 2.75) is 29.4 Å². The molecule has 1 heterocycles. The maximum atomic E-state index is 13.1. The Bertz CT molecular complexity index is 608. The average molecular weight is 315 g/mol. The SMILES string of the molecule is CCNCc1ccc(Sc2cnn(C)c2)cc1C(F)(F)F. The number of alkyl halides is 3. The zero-order valence-corrected chi connectivity index (χ0v) is 12.6. The second-order valence-corrected chi connectivity index (χ2v) is 5.70. The molecule has 114 valence electrons. The smallest absolute Gasteiger partial charge is 0.313 e. The first-order chi connectivity index (χ1) is 9.90. The molecule has 21 heavy (non-hydrogen) atoms. The Hall–Kier alpha value is -1.47. The molecule has 0 aliphatic rings. The molecule has 0 fully saturated rings. The number of aryl methyl sites for hydroxylation is 1. The molecule has 2 aromatic rings. The molecule has 0 radical (unpaired) electrons. The van der Waals surface area contributed by atoms with Crippen LogP contribution in [0.2, 0.25) is 0 Å². The third kappa shape index (κ3) is 4.25. The van der Waals surface area contributed by atoms with E-state index < -0.39 is 11.7 Å². The predicted octanol–water partition coefficient (Wildman–Crippen LogP) is 3.70. The van der Waals surface area contributed by atoms with Gasteiger partial charge in [-0.25, -0.2) is 0 Å². The standard InChI is InChI=1S/C14H16F3N3S/c1-3-18-7-10-4-5-11(6-13(10)14(15,16)17)21-12-8-19-20(2)9-12/h4-6,8-9,18H,3,7H2,1-2H3. The van der Waals surface area contributed by atoms with E-state index in [1.54, 1.807) is 30.2 Å². The van der Waals surface area contributed by atoms with Crippen LogP contribution in [0.15, 0.2) is 40.4 Å². The zero-order valence-electron chi connectivity index (χ0n) is 11.7. The quantitative estimate of drug-likeness (QED) is 0.912. The van der Waals surface area contributed by atoms with Gasteiger partial charge in [-0.15, -0.1) is 0 Å². The Labute approximate surface area is 125 Å². The van der Waals surface area contributed by atoms with E-state index in [4.69, 9.17) is 0 Å². The molecule has 0 amide bonds. The lowest BCUT2D eigenvalue weighted by atomic mass is 10.1. The monoisotopic (exact) mass is 315 g/mol. The fraction of sp³-hybridized carbons (Fsp3) is 0.357. The van der Waals surface area contributed by atoms with E-state index in [-0.39, 0.29) is 12.1 Å².